The van der Waals surface area contributed by atoms with Crippen LogP contribution in [0.25, 0.3) is 0 Å². The Hall–Kier alpha value is -3.22. The highest BCUT2D eigenvalue weighted by Crippen LogP contribution is 2.29. The first kappa shape index (κ1) is 14.7. The normalized spacial score (nSPS) is 11.9. The Balaban J connectivity index is 2.04. The Morgan fingerprint density at radius 2 is 1.87 bits per heavy atom. The third-order valence-corrected chi connectivity index (χ3v) is 3.49. The predicted molar refractivity (Wildman–Crippen MR) is 86.0 cm³/mol. The standard InChI is InChI=1S/C16H15N5O2/c1-20-11-18-15(21(22)23)16(20)19-14(12-7-3-2-4-8-12)13-9-5-6-10-17-13/h2-11,14,19H,1H3/t14-/m0/s1. The van der Waals surface area contributed by atoms with Gasteiger partial charge in [0.1, 0.15) is 0 Å². The number of nitro groups is 1. The summed E-state index contributed by atoms with van der Waals surface area (Å²) in [4.78, 5) is 18.9. The van der Waals surface area contributed by atoms with Crippen LogP contribution in [0, 0.1) is 10.1 Å². The molecule has 2 heterocycles. The zero-order chi connectivity index (χ0) is 16.2. The Morgan fingerprint density at radius 3 is 2.52 bits per heavy atom. The minimum Gasteiger partial charge on any atom is -0.358 e. The van der Waals surface area contributed by atoms with Crippen LogP contribution in [0.4, 0.5) is 11.6 Å². The van der Waals surface area contributed by atoms with Gasteiger partial charge in [0.2, 0.25) is 12.1 Å². The third kappa shape index (κ3) is 3.03. The number of anilines is 1. The summed E-state index contributed by atoms with van der Waals surface area (Å²) in [7, 11) is 1.71. The third-order valence-electron chi connectivity index (χ3n) is 3.49. The first-order valence-electron chi connectivity index (χ1n) is 7.05. The van der Waals surface area contributed by atoms with Crippen molar-refractivity contribution in [3.05, 3.63) is 82.4 Å². The second kappa shape index (κ2) is 6.27. The number of hydrogen-bond acceptors (Lipinski definition) is 5. The van der Waals surface area contributed by atoms with Gasteiger partial charge < -0.3 is 15.4 Å². The summed E-state index contributed by atoms with van der Waals surface area (Å²) in [6.07, 6.45) is 3.12. The van der Waals surface area contributed by atoms with Crippen molar-refractivity contribution in [1.82, 2.24) is 14.5 Å². The lowest BCUT2D eigenvalue weighted by Crippen LogP contribution is -2.16. The molecule has 116 valence electrons. The lowest BCUT2D eigenvalue weighted by atomic mass is 10.0. The molecule has 7 heteroatoms. The molecule has 0 aliphatic rings. The van der Waals surface area contributed by atoms with E-state index < -0.39 is 4.92 Å². The molecule has 0 unspecified atom stereocenters. The summed E-state index contributed by atoms with van der Waals surface area (Å²) in [6.45, 7) is 0. The number of pyridine rings is 1. The summed E-state index contributed by atoms with van der Waals surface area (Å²) in [5.41, 5.74) is 1.73. The van der Waals surface area contributed by atoms with Gasteiger partial charge in [-0.15, -0.1) is 0 Å². The molecule has 0 fully saturated rings. The van der Waals surface area contributed by atoms with Gasteiger partial charge in [0.05, 0.1) is 11.7 Å². The van der Waals surface area contributed by atoms with E-state index in [1.807, 2.05) is 48.5 Å². The molecular weight excluding hydrogens is 294 g/mol. The van der Waals surface area contributed by atoms with Crippen LogP contribution in [-0.2, 0) is 7.05 Å². The van der Waals surface area contributed by atoms with Crippen LogP contribution in [0.1, 0.15) is 17.3 Å². The molecule has 3 rings (SSSR count). The molecule has 3 aromatic rings. The molecule has 23 heavy (non-hydrogen) atoms. The Labute approximate surface area is 132 Å². The van der Waals surface area contributed by atoms with E-state index in [1.54, 1.807) is 17.8 Å². The van der Waals surface area contributed by atoms with Gasteiger partial charge >= 0.3 is 5.82 Å². The number of nitrogens with one attached hydrogen (secondary N) is 1. The summed E-state index contributed by atoms with van der Waals surface area (Å²) in [6, 6.07) is 15.0. The largest absolute Gasteiger partial charge is 0.406 e. The van der Waals surface area contributed by atoms with E-state index in [0.29, 0.717) is 5.82 Å². The number of benzene rings is 1. The zero-order valence-electron chi connectivity index (χ0n) is 12.5. The molecule has 0 aliphatic carbocycles. The van der Waals surface area contributed by atoms with E-state index in [-0.39, 0.29) is 11.9 Å². The van der Waals surface area contributed by atoms with Crippen LogP contribution in [-0.4, -0.2) is 19.5 Å². The number of rotatable bonds is 5. The van der Waals surface area contributed by atoms with Crippen LogP contribution >= 0.6 is 0 Å². The van der Waals surface area contributed by atoms with Crippen LogP contribution in [0.15, 0.2) is 61.1 Å². The minimum atomic E-state index is -0.497. The maximum Gasteiger partial charge on any atom is 0.406 e. The molecule has 0 aliphatic heterocycles. The van der Waals surface area contributed by atoms with Crippen molar-refractivity contribution in [2.45, 2.75) is 6.04 Å². The highest BCUT2D eigenvalue weighted by atomic mass is 16.6. The molecule has 1 N–H and O–H groups in total. The van der Waals surface area contributed by atoms with Crippen LogP contribution in [0.5, 0.6) is 0 Å². The molecule has 0 amide bonds. The van der Waals surface area contributed by atoms with Crippen molar-refractivity contribution >= 4 is 11.6 Å². The summed E-state index contributed by atoms with van der Waals surface area (Å²) >= 11 is 0. The number of imidazole rings is 1. The molecule has 0 spiro atoms. The number of nitrogens with zero attached hydrogens (tertiary/aromatic N) is 4. The van der Waals surface area contributed by atoms with E-state index >= 15 is 0 Å². The molecule has 7 nitrogen and oxygen atoms in total. The molecule has 2 aromatic heterocycles. The van der Waals surface area contributed by atoms with Gasteiger partial charge in [0, 0.05) is 13.2 Å². The molecule has 0 saturated carbocycles. The first-order chi connectivity index (χ1) is 11.2. The average molecular weight is 309 g/mol. The fraction of sp³-hybridized carbons (Fsp3) is 0.125. The summed E-state index contributed by atoms with van der Waals surface area (Å²) < 4.78 is 1.59. The van der Waals surface area contributed by atoms with Crippen molar-refractivity contribution in [3.63, 3.8) is 0 Å². The minimum absolute atomic E-state index is 0.204. The van der Waals surface area contributed by atoms with Crippen LogP contribution in [0.2, 0.25) is 0 Å². The number of hydrogen-bond donors (Lipinski definition) is 1. The average Bonchev–Trinajstić information content (AvgIpc) is 2.95. The van der Waals surface area contributed by atoms with Crippen molar-refractivity contribution in [2.75, 3.05) is 5.32 Å². The summed E-state index contributed by atoms with van der Waals surface area (Å²) in [5.74, 6) is 0.138. The van der Waals surface area contributed by atoms with Crippen LogP contribution in [0.3, 0.4) is 0 Å². The number of aryl methyl sites for hydroxylation is 1. The fourth-order valence-electron chi connectivity index (χ4n) is 2.37. The maximum absolute atomic E-state index is 11.2. The van der Waals surface area contributed by atoms with Crippen molar-refractivity contribution in [3.8, 4) is 0 Å². The lowest BCUT2D eigenvalue weighted by molar-refractivity contribution is -0.388. The van der Waals surface area contributed by atoms with Crippen molar-refractivity contribution in [1.29, 1.82) is 0 Å². The molecule has 0 saturated heterocycles. The smallest absolute Gasteiger partial charge is 0.358 e. The maximum atomic E-state index is 11.2. The first-order valence-corrected chi connectivity index (χ1v) is 7.05. The van der Waals surface area contributed by atoms with E-state index in [1.165, 1.54) is 6.33 Å². The summed E-state index contributed by atoms with van der Waals surface area (Å²) in [5, 5.41) is 14.4. The monoisotopic (exact) mass is 309 g/mol. The Bertz CT molecular complexity index is 762. The molecule has 0 radical (unpaired) electrons. The second-order valence-electron chi connectivity index (χ2n) is 5.03. The molecular formula is C16H15N5O2. The highest BCUT2D eigenvalue weighted by molar-refractivity contribution is 5.55. The highest BCUT2D eigenvalue weighted by Gasteiger charge is 2.24. The number of aromatic nitrogens is 3. The van der Waals surface area contributed by atoms with Gasteiger partial charge in [0.25, 0.3) is 0 Å². The SMILES string of the molecule is Cn1cnc([N+](=O)[O-])c1N[C@@H](c1ccccc1)c1ccccn1. The van der Waals surface area contributed by atoms with Gasteiger partial charge in [-0.05, 0) is 27.6 Å². The quantitative estimate of drug-likeness (QED) is 0.578. The van der Waals surface area contributed by atoms with Gasteiger partial charge in [-0.2, -0.15) is 0 Å². The van der Waals surface area contributed by atoms with E-state index in [2.05, 4.69) is 15.3 Å². The van der Waals surface area contributed by atoms with Gasteiger partial charge in [-0.1, -0.05) is 36.4 Å². The van der Waals surface area contributed by atoms with E-state index in [4.69, 9.17) is 0 Å². The van der Waals surface area contributed by atoms with Crippen molar-refractivity contribution in [2.24, 2.45) is 7.05 Å². The zero-order valence-corrected chi connectivity index (χ0v) is 12.5. The van der Waals surface area contributed by atoms with E-state index in [9.17, 15) is 10.1 Å². The Kier molecular flexibility index (Phi) is 4.01. The van der Waals surface area contributed by atoms with Gasteiger partial charge in [0.15, 0.2) is 0 Å². The van der Waals surface area contributed by atoms with Crippen LogP contribution < -0.4 is 5.32 Å². The molecule has 1 atom stereocenters. The Morgan fingerprint density at radius 1 is 1.13 bits per heavy atom. The topological polar surface area (TPSA) is 85.9 Å². The molecule has 1 aromatic carbocycles. The van der Waals surface area contributed by atoms with Gasteiger partial charge in [-0.3, -0.25) is 9.55 Å². The lowest BCUT2D eigenvalue weighted by Gasteiger charge is -2.19. The van der Waals surface area contributed by atoms with Crippen molar-refractivity contribution < 1.29 is 4.92 Å². The van der Waals surface area contributed by atoms with Gasteiger partial charge in [-0.25, -0.2) is 0 Å². The fourth-order valence-corrected chi connectivity index (χ4v) is 2.37. The molecule has 0 bridgehead atoms. The second-order valence-corrected chi connectivity index (χ2v) is 5.03. The van der Waals surface area contributed by atoms with E-state index in [0.717, 1.165) is 11.3 Å². The predicted octanol–water partition coefficient (Wildman–Crippen LogP) is 2.92.